The topological polar surface area (TPSA) is 129 Å². The molecule has 4 N–H and O–H groups in total. The van der Waals surface area contributed by atoms with Gasteiger partial charge in [0, 0.05) is 19.8 Å². The van der Waals surface area contributed by atoms with Crippen LogP contribution in [-0.2, 0) is 9.59 Å². The average Bonchev–Trinajstić information content (AvgIpc) is 2.60. The average molecular weight is 351 g/mol. The summed E-state index contributed by atoms with van der Waals surface area (Å²) in [5.74, 6) is -0.612. The molecule has 1 rings (SSSR count). The Balaban J connectivity index is 2.88. The summed E-state index contributed by atoms with van der Waals surface area (Å²) in [6.45, 7) is -0.526. The summed E-state index contributed by atoms with van der Waals surface area (Å²) >= 11 is 0. The number of hydrogen-bond donors (Lipinski definition) is 4. The van der Waals surface area contributed by atoms with Crippen LogP contribution < -0.4 is 30.9 Å². The van der Waals surface area contributed by atoms with Crippen LogP contribution >= 0.6 is 0 Å². The lowest BCUT2D eigenvalue weighted by molar-refractivity contribution is -0.119. The van der Waals surface area contributed by atoms with Crippen LogP contribution in [0, 0.1) is 0 Å². The van der Waals surface area contributed by atoms with Crippen molar-refractivity contribution >= 4 is 29.6 Å². The van der Waals surface area contributed by atoms with E-state index in [1.54, 1.807) is 24.3 Å². The van der Waals surface area contributed by atoms with Crippen LogP contribution in [0.15, 0.2) is 24.3 Å². The molecule has 0 aromatic heterocycles. The molecule has 0 fully saturated rings. The highest BCUT2D eigenvalue weighted by Crippen LogP contribution is 2.18. The Morgan fingerprint density at radius 2 is 1.32 bits per heavy atom. The molecular formula is C15H21N5O5. The predicted molar refractivity (Wildman–Crippen MR) is 90.4 cm³/mol. The number of imide groups is 2. The fourth-order valence-electron chi connectivity index (χ4n) is 1.84. The van der Waals surface area contributed by atoms with Gasteiger partial charge in [-0.1, -0.05) is 0 Å². The molecule has 25 heavy (non-hydrogen) atoms. The first-order chi connectivity index (χ1) is 11.9. The molecule has 0 saturated heterocycles. The standard InChI is InChI=1S/C15H21N5O5/c1-16-14(23)18-12(21)8-20(9-13(22)19-15(24)17-2)10-4-6-11(25-3)7-5-10/h4-7H,8-9H2,1-3H3,(H2,16,18,21,23)(H2,17,19,22,24). The molecule has 136 valence electrons. The minimum Gasteiger partial charge on any atom is -0.497 e. The van der Waals surface area contributed by atoms with E-state index >= 15 is 0 Å². The maximum absolute atomic E-state index is 11.9. The van der Waals surface area contributed by atoms with E-state index in [4.69, 9.17) is 4.74 Å². The van der Waals surface area contributed by atoms with E-state index in [2.05, 4.69) is 21.3 Å². The lowest BCUT2D eigenvalue weighted by Gasteiger charge is -2.23. The molecule has 0 saturated carbocycles. The third-order valence-electron chi connectivity index (χ3n) is 3.07. The van der Waals surface area contributed by atoms with Crippen LogP contribution in [-0.4, -0.2) is 58.2 Å². The quantitative estimate of drug-likeness (QED) is 0.542. The number of nitrogens with one attached hydrogen (secondary N) is 4. The summed E-state index contributed by atoms with van der Waals surface area (Å²) in [6, 6.07) is 5.31. The second-order valence-electron chi connectivity index (χ2n) is 4.81. The number of carbonyl (C=O) groups excluding carboxylic acids is 4. The van der Waals surface area contributed by atoms with Crippen molar-refractivity contribution < 1.29 is 23.9 Å². The fourth-order valence-corrected chi connectivity index (χ4v) is 1.84. The lowest BCUT2D eigenvalue weighted by atomic mass is 10.2. The zero-order chi connectivity index (χ0) is 18.8. The Kier molecular flexibility index (Phi) is 7.70. The molecular weight excluding hydrogens is 330 g/mol. The number of ether oxygens (including phenoxy) is 1. The first-order valence-electron chi connectivity index (χ1n) is 7.31. The van der Waals surface area contributed by atoms with Gasteiger partial charge in [0.05, 0.1) is 20.2 Å². The Morgan fingerprint density at radius 3 is 1.68 bits per heavy atom. The van der Waals surface area contributed by atoms with Crippen molar-refractivity contribution in [3.05, 3.63) is 24.3 Å². The molecule has 6 amide bonds. The number of benzene rings is 1. The minimum absolute atomic E-state index is 0.263. The second kappa shape index (κ2) is 9.75. The van der Waals surface area contributed by atoms with E-state index in [-0.39, 0.29) is 13.1 Å². The summed E-state index contributed by atoms with van der Waals surface area (Å²) in [6.07, 6.45) is 0. The maximum Gasteiger partial charge on any atom is 0.321 e. The van der Waals surface area contributed by atoms with E-state index in [0.717, 1.165) is 0 Å². The van der Waals surface area contributed by atoms with Gasteiger partial charge >= 0.3 is 12.1 Å². The van der Waals surface area contributed by atoms with Crippen LogP contribution in [0.1, 0.15) is 0 Å². The molecule has 0 aliphatic rings. The fraction of sp³-hybridized carbons (Fsp3) is 0.333. The van der Waals surface area contributed by atoms with Gasteiger partial charge in [-0.2, -0.15) is 0 Å². The Hall–Kier alpha value is -3.30. The second-order valence-corrected chi connectivity index (χ2v) is 4.81. The summed E-state index contributed by atoms with van der Waals surface area (Å²) < 4.78 is 5.06. The van der Waals surface area contributed by atoms with Crippen molar-refractivity contribution in [2.75, 3.05) is 39.2 Å². The molecule has 0 aliphatic carbocycles. The van der Waals surface area contributed by atoms with Gasteiger partial charge in [-0.25, -0.2) is 9.59 Å². The van der Waals surface area contributed by atoms with Gasteiger partial charge < -0.3 is 20.3 Å². The van der Waals surface area contributed by atoms with Gasteiger partial charge in [-0.3, -0.25) is 20.2 Å². The normalized spacial score (nSPS) is 9.56. The van der Waals surface area contributed by atoms with Crippen molar-refractivity contribution in [2.24, 2.45) is 0 Å². The van der Waals surface area contributed by atoms with E-state index in [1.165, 1.54) is 26.1 Å². The van der Waals surface area contributed by atoms with Crippen molar-refractivity contribution in [2.45, 2.75) is 0 Å². The third kappa shape index (κ3) is 6.77. The molecule has 0 bridgehead atoms. The molecule has 0 heterocycles. The summed E-state index contributed by atoms with van der Waals surface area (Å²) in [7, 11) is 4.27. The number of carbonyl (C=O) groups is 4. The SMILES string of the molecule is CNC(=O)NC(=O)CN(CC(=O)NC(=O)NC)c1ccc(OC)cc1. The number of nitrogens with zero attached hydrogens (tertiary/aromatic N) is 1. The molecule has 0 aliphatic heterocycles. The Bertz CT molecular complexity index is 600. The lowest BCUT2D eigenvalue weighted by Crippen LogP contribution is -2.48. The predicted octanol–water partition coefficient (Wildman–Crippen LogP) is -0.587. The van der Waals surface area contributed by atoms with E-state index in [0.29, 0.717) is 11.4 Å². The summed E-state index contributed by atoms with van der Waals surface area (Å²) in [4.78, 5) is 47.7. The number of anilines is 1. The zero-order valence-corrected chi connectivity index (χ0v) is 14.2. The highest BCUT2D eigenvalue weighted by Gasteiger charge is 2.18. The van der Waals surface area contributed by atoms with Crippen molar-refractivity contribution in [1.29, 1.82) is 0 Å². The molecule has 10 heteroatoms. The summed E-state index contributed by atoms with van der Waals surface area (Å²) in [5, 5.41) is 8.74. The zero-order valence-electron chi connectivity index (χ0n) is 14.2. The van der Waals surface area contributed by atoms with Crippen LogP contribution in [0.25, 0.3) is 0 Å². The number of urea groups is 2. The smallest absolute Gasteiger partial charge is 0.321 e. The van der Waals surface area contributed by atoms with Gasteiger partial charge in [0.2, 0.25) is 11.8 Å². The van der Waals surface area contributed by atoms with Gasteiger partial charge in [-0.15, -0.1) is 0 Å². The van der Waals surface area contributed by atoms with Crippen LogP contribution in [0.5, 0.6) is 5.75 Å². The third-order valence-corrected chi connectivity index (χ3v) is 3.07. The van der Waals surface area contributed by atoms with Crippen molar-refractivity contribution in [3.63, 3.8) is 0 Å². The molecule has 0 spiro atoms. The van der Waals surface area contributed by atoms with Crippen molar-refractivity contribution in [1.82, 2.24) is 21.3 Å². The highest BCUT2D eigenvalue weighted by atomic mass is 16.5. The van der Waals surface area contributed by atoms with Gasteiger partial charge in [0.15, 0.2) is 0 Å². The number of hydrogen-bond acceptors (Lipinski definition) is 6. The number of methoxy groups -OCH3 is 1. The Morgan fingerprint density at radius 1 is 0.880 bits per heavy atom. The molecule has 0 atom stereocenters. The van der Waals surface area contributed by atoms with Crippen LogP contribution in [0.3, 0.4) is 0 Å². The van der Waals surface area contributed by atoms with Gasteiger partial charge in [0.25, 0.3) is 0 Å². The van der Waals surface area contributed by atoms with E-state index in [1.807, 2.05) is 0 Å². The summed E-state index contributed by atoms with van der Waals surface area (Å²) in [5.41, 5.74) is 0.542. The first kappa shape index (κ1) is 19.7. The Labute approximate surface area is 144 Å². The van der Waals surface area contributed by atoms with E-state index < -0.39 is 23.9 Å². The molecule has 10 nitrogen and oxygen atoms in total. The van der Waals surface area contributed by atoms with Crippen LogP contribution in [0.4, 0.5) is 15.3 Å². The maximum atomic E-state index is 11.9. The van der Waals surface area contributed by atoms with E-state index in [9.17, 15) is 19.2 Å². The number of amides is 6. The highest BCUT2D eigenvalue weighted by molar-refractivity contribution is 5.99. The molecule has 1 aromatic carbocycles. The van der Waals surface area contributed by atoms with Gasteiger partial charge in [-0.05, 0) is 24.3 Å². The largest absolute Gasteiger partial charge is 0.497 e. The molecule has 0 unspecified atom stereocenters. The van der Waals surface area contributed by atoms with Crippen LogP contribution in [0.2, 0.25) is 0 Å². The van der Waals surface area contributed by atoms with Crippen molar-refractivity contribution in [3.8, 4) is 5.75 Å². The molecule has 1 aromatic rings. The monoisotopic (exact) mass is 351 g/mol. The molecule has 0 radical (unpaired) electrons. The first-order valence-corrected chi connectivity index (χ1v) is 7.31. The van der Waals surface area contributed by atoms with Gasteiger partial charge in [0.1, 0.15) is 5.75 Å². The number of rotatable bonds is 6. The minimum atomic E-state index is -0.658.